The van der Waals surface area contributed by atoms with Gasteiger partial charge in [0.2, 0.25) is 0 Å². The molecule has 1 saturated carbocycles. The molecule has 108 valence electrons. The molecule has 1 aliphatic carbocycles. The standard InChI is InChI=1S/C15H27N3S/c1-3-6-12(7-4-2)15-18-17-14(19-15)8-5-11-16-13-9-10-13/h12-13,16H,3-11H2,1-2H3. The molecule has 1 heterocycles. The molecule has 0 bridgehead atoms. The Bertz CT molecular complexity index is 354. The molecular weight excluding hydrogens is 254 g/mol. The molecule has 19 heavy (non-hydrogen) atoms. The molecule has 0 unspecified atom stereocenters. The lowest BCUT2D eigenvalue weighted by Gasteiger charge is -2.10. The highest BCUT2D eigenvalue weighted by Crippen LogP contribution is 2.29. The molecule has 4 heteroatoms. The minimum Gasteiger partial charge on any atom is -0.314 e. The van der Waals surface area contributed by atoms with Crippen LogP contribution < -0.4 is 5.32 Å². The third-order valence-corrected chi connectivity index (χ3v) is 4.83. The smallest absolute Gasteiger partial charge is 0.120 e. The lowest BCUT2D eigenvalue weighted by molar-refractivity contribution is 0.554. The molecular formula is C15H27N3S. The van der Waals surface area contributed by atoms with Crippen molar-refractivity contribution in [1.29, 1.82) is 0 Å². The highest BCUT2D eigenvalue weighted by molar-refractivity contribution is 7.11. The van der Waals surface area contributed by atoms with Crippen LogP contribution in [-0.4, -0.2) is 22.8 Å². The predicted octanol–water partition coefficient (Wildman–Crippen LogP) is 3.91. The second-order valence-corrected chi connectivity index (χ2v) is 6.73. The molecule has 2 rings (SSSR count). The summed E-state index contributed by atoms with van der Waals surface area (Å²) in [5.41, 5.74) is 0. The van der Waals surface area contributed by atoms with Crippen molar-refractivity contribution in [2.75, 3.05) is 6.54 Å². The molecule has 1 fully saturated rings. The fourth-order valence-electron chi connectivity index (χ4n) is 2.45. The summed E-state index contributed by atoms with van der Waals surface area (Å²) in [4.78, 5) is 0. The largest absolute Gasteiger partial charge is 0.314 e. The first-order valence-electron chi connectivity index (χ1n) is 7.89. The summed E-state index contributed by atoms with van der Waals surface area (Å²) >= 11 is 1.85. The van der Waals surface area contributed by atoms with E-state index in [1.54, 1.807) is 0 Å². The summed E-state index contributed by atoms with van der Waals surface area (Å²) in [7, 11) is 0. The Hall–Kier alpha value is -0.480. The highest BCUT2D eigenvalue weighted by atomic mass is 32.1. The number of nitrogens with one attached hydrogen (secondary N) is 1. The number of nitrogens with zero attached hydrogens (tertiary/aromatic N) is 2. The number of aromatic nitrogens is 2. The van der Waals surface area contributed by atoms with Crippen LogP contribution in [-0.2, 0) is 6.42 Å². The van der Waals surface area contributed by atoms with Gasteiger partial charge < -0.3 is 5.32 Å². The number of aryl methyl sites for hydroxylation is 1. The van der Waals surface area contributed by atoms with Gasteiger partial charge in [-0.05, 0) is 38.6 Å². The van der Waals surface area contributed by atoms with E-state index in [1.165, 1.54) is 55.0 Å². The van der Waals surface area contributed by atoms with Crippen LogP contribution >= 0.6 is 11.3 Å². The van der Waals surface area contributed by atoms with Crippen LogP contribution in [0, 0.1) is 0 Å². The fourth-order valence-corrected chi connectivity index (χ4v) is 3.51. The minimum atomic E-state index is 0.644. The number of hydrogen-bond acceptors (Lipinski definition) is 4. The Balaban J connectivity index is 1.75. The summed E-state index contributed by atoms with van der Waals surface area (Å²) in [5.74, 6) is 0.644. The molecule has 1 aromatic rings. The molecule has 0 atom stereocenters. The third kappa shape index (κ3) is 5.19. The van der Waals surface area contributed by atoms with Crippen molar-refractivity contribution >= 4 is 11.3 Å². The van der Waals surface area contributed by atoms with Gasteiger partial charge in [0.1, 0.15) is 10.0 Å². The molecule has 0 amide bonds. The first kappa shape index (κ1) is 14.9. The van der Waals surface area contributed by atoms with Crippen molar-refractivity contribution in [3.8, 4) is 0 Å². The van der Waals surface area contributed by atoms with Crippen LogP contribution in [0.5, 0.6) is 0 Å². The van der Waals surface area contributed by atoms with E-state index < -0.39 is 0 Å². The zero-order valence-corrected chi connectivity index (χ0v) is 13.1. The van der Waals surface area contributed by atoms with Gasteiger partial charge in [-0.3, -0.25) is 0 Å². The van der Waals surface area contributed by atoms with Gasteiger partial charge in [0.05, 0.1) is 0 Å². The Labute approximate surface area is 121 Å². The maximum Gasteiger partial charge on any atom is 0.120 e. The summed E-state index contributed by atoms with van der Waals surface area (Å²) in [6.07, 6.45) is 10.0. The van der Waals surface area contributed by atoms with Crippen LogP contribution in [0.2, 0.25) is 0 Å². The van der Waals surface area contributed by atoms with Crippen molar-refractivity contribution in [1.82, 2.24) is 15.5 Å². The summed E-state index contributed by atoms with van der Waals surface area (Å²) in [6, 6.07) is 0.823. The second kappa shape index (κ2) is 7.95. The average molecular weight is 281 g/mol. The van der Waals surface area contributed by atoms with Gasteiger partial charge in [0, 0.05) is 18.4 Å². The summed E-state index contributed by atoms with van der Waals surface area (Å²) in [5, 5.41) is 14.9. The van der Waals surface area contributed by atoms with Crippen molar-refractivity contribution in [2.24, 2.45) is 0 Å². The van der Waals surface area contributed by atoms with E-state index in [-0.39, 0.29) is 0 Å². The number of rotatable bonds is 10. The van der Waals surface area contributed by atoms with Gasteiger partial charge >= 0.3 is 0 Å². The molecule has 1 N–H and O–H groups in total. The second-order valence-electron chi connectivity index (χ2n) is 5.64. The quantitative estimate of drug-likeness (QED) is 0.661. The third-order valence-electron chi connectivity index (χ3n) is 3.68. The monoisotopic (exact) mass is 281 g/mol. The molecule has 1 aliphatic rings. The Kier molecular flexibility index (Phi) is 6.24. The van der Waals surface area contributed by atoms with E-state index in [0.29, 0.717) is 5.92 Å². The van der Waals surface area contributed by atoms with Gasteiger partial charge in [-0.25, -0.2) is 0 Å². The normalized spacial score (nSPS) is 15.3. The summed E-state index contributed by atoms with van der Waals surface area (Å²) < 4.78 is 0. The van der Waals surface area contributed by atoms with Crippen LogP contribution in [0.15, 0.2) is 0 Å². The lowest BCUT2D eigenvalue weighted by Crippen LogP contribution is -2.17. The maximum absolute atomic E-state index is 4.43. The van der Waals surface area contributed by atoms with Crippen LogP contribution in [0.3, 0.4) is 0 Å². The minimum absolute atomic E-state index is 0.644. The molecule has 3 nitrogen and oxygen atoms in total. The van der Waals surface area contributed by atoms with Gasteiger partial charge in [0.25, 0.3) is 0 Å². The van der Waals surface area contributed by atoms with E-state index in [2.05, 4.69) is 29.4 Å². The van der Waals surface area contributed by atoms with E-state index in [1.807, 2.05) is 11.3 Å². The Morgan fingerprint density at radius 2 is 1.95 bits per heavy atom. The molecule has 1 aromatic heterocycles. The van der Waals surface area contributed by atoms with Crippen LogP contribution in [0.25, 0.3) is 0 Å². The molecule has 0 saturated heterocycles. The van der Waals surface area contributed by atoms with Crippen molar-refractivity contribution in [3.63, 3.8) is 0 Å². The molecule has 0 spiro atoms. The Morgan fingerprint density at radius 3 is 2.58 bits per heavy atom. The van der Waals surface area contributed by atoms with Gasteiger partial charge in [0.15, 0.2) is 0 Å². The summed E-state index contributed by atoms with van der Waals surface area (Å²) in [6.45, 7) is 5.65. The number of hydrogen-bond donors (Lipinski definition) is 1. The molecule has 0 aliphatic heterocycles. The first-order valence-corrected chi connectivity index (χ1v) is 8.70. The Morgan fingerprint density at radius 1 is 1.21 bits per heavy atom. The van der Waals surface area contributed by atoms with Gasteiger partial charge in [-0.15, -0.1) is 21.5 Å². The van der Waals surface area contributed by atoms with Crippen molar-refractivity contribution in [2.45, 2.75) is 77.2 Å². The highest BCUT2D eigenvalue weighted by Gasteiger charge is 2.19. The van der Waals surface area contributed by atoms with E-state index >= 15 is 0 Å². The van der Waals surface area contributed by atoms with Crippen LogP contribution in [0.1, 0.15) is 74.7 Å². The van der Waals surface area contributed by atoms with Gasteiger partial charge in [-0.2, -0.15) is 0 Å². The van der Waals surface area contributed by atoms with Gasteiger partial charge in [-0.1, -0.05) is 26.7 Å². The zero-order valence-electron chi connectivity index (χ0n) is 12.3. The topological polar surface area (TPSA) is 37.8 Å². The maximum atomic E-state index is 4.43. The molecule has 0 aromatic carbocycles. The lowest BCUT2D eigenvalue weighted by atomic mass is 9.99. The predicted molar refractivity (Wildman–Crippen MR) is 81.8 cm³/mol. The van der Waals surface area contributed by atoms with Crippen molar-refractivity contribution < 1.29 is 0 Å². The van der Waals surface area contributed by atoms with Crippen molar-refractivity contribution in [3.05, 3.63) is 10.0 Å². The zero-order chi connectivity index (χ0) is 13.5. The SMILES string of the molecule is CCCC(CCC)c1nnc(CCCNC2CC2)s1. The molecule has 0 radical (unpaired) electrons. The first-order chi connectivity index (χ1) is 9.33. The van der Waals surface area contributed by atoms with Crippen LogP contribution in [0.4, 0.5) is 0 Å². The van der Waals surface area contributed by atoms with E-state index in [4.69, 9.17) is 0 Å². The van der Waals surface area contributed by atoms with E-state index in [0.717, 1.165) is 19.0 Å². The fraction of sp³-hybridized carbons (Fsp3) is 0.867. The average Bonchev–Trinajstić information content (AvgIpc) is 3.12. The van der Waals surface area contributed by atoms with E-state index in [9.17, 15) is 0 Å².